The number of methoxy groups -OCH3 is 1. The molecule has 0 aromatic heterocycles. The highest BCUT2D eigenvalue weighted by atomic mass is 28.3. The predicted octanol–water partition coefficient (Wildman–Crippen LogP) is 9.03. The molecule has 11 heteroatoms. The molecule has 2 aromatic carbocycles. The third kappa shape index (κ3) is 17.6. The van der Waals surface area contributed by atoms with E-state index in [9.17, 15) is 4.79 Å². The van der Waals surface area contributed by atoms with Crippen LogP contribution in [0.15, 0.2) is 78.4 Å². The van der Waals surface area contributed by atoms with Crippen molar-refractivity contribution in [2.24, 2.45) is 5.92 Å². The van der Waals surface area contributed by atoms with Crippen LogP contribution in [0.4, 0.5) is 0 Å². The minimum Gasteiger partial charge on any atom is -0.497 e. The summed E-state index contributed by atoms with van der Waals surface area (Å²) in [7, 11) is -0.925. The highest BCUT2D eigenvalue weighted by molar-refractivity contribution is 6.76. The lowest BCUT2D eigenvalue weighted by Gasteiger charge is -2.34. The Balaban J connectivity index is 1.92. The number of ether oxygens (including phenoxy) is 8. The molecule has 0 saturated heterocycles. The van der Waals surface area contributed by atoms with Gasteiger partial charge >= 0.3 is 5.97 Å². The molecule has 1 unspecified atom stereocenters. The number of hydrogen-bond acceptors (Lipinski definition) is 9. The van der Waals surface area contributed by atoms with Crippen LogP contribution in [0.3, 0.4) is 0 Å². The Morgan fingerprint density at radius 3 is 2.00 bits per heavy atom. The van der Waals surface area contributed by atoms with Gasteiger partial charge in [0.2, 0.25) is 0 Å². The van der Waals surface area contributed by atoms with E-state index in [0.717, 1.165) is 34.5 Å². The number of hydrogen-bond donors (Lipinski definition) is 0. The molecule has 296 valence electrons. The summed E-state index contributed by atoms with van der Waals surface area (Å²) in [6.45, 7) is 21.9. The van der Waals surface area contributed by atoms with Crippen LogP contribution in [0, 0.1) is 5.92 Å². The molecule has 0 radical (unpaired) electrons. The Morgan fingerprint density at radius 2 is 1.40 bits per heavy atom. The van der Waals surface area contributed by atoms with E-state index >= 15 is 0 Å². The zero-order valence-electron chi connectivity index (χ0n) is 33.9. The van der Waals surface area contributed by atoms with Crippen molar-refractivity contribution in [3.05, 3.63) is 89.5 Å². The van der Waals surface area contributed by atoms with Crippen LogP contribution in [-0.2, 0) is 51.2 Å². The lowest BCUT2D eigenvalue weighted by molar-refractivity contribution is -0.174. The molecule has 0 saturated carbocycles. The van der Waals surface area contributed by atoms with Crippen molar-refractivity contribution in [1.82, 2.24) is 0 Å². The Morgan fingerprint density at radius 1 is 0.792 bits per heavy atom. The second kappa shape index (κ2) is 22.7. The summed E-state index contributed by atoms with van der Waals surface area (Å²) >= 11 is 0. The third-order valence-corrected chi connectivity index (χ3v) is 12.5. The number of benzene rings is 2. The van der Waals surface area contributed by atoms with Crippen LogP contribution in [0.2, 0.25) is 51.4 Å². The maximum absolute atomic E-state index is 13.5. The minimum atomic E-state index is -1.29. The smallest absolute Gasteiger partial charge is 0.312 e. The average molecular weight is 771 g/mol. The van der Waals surface area contributed by atoms with Crippen LogP contribution < -0.4 is 4.74 Å². The zero-order chi connectivity index (χ0) is 38.9. The van der Waals surface area contributed by atoms with Crippen LogP contribution in [0.25, 0.3) is 0 Å². The van der Waals surface area contributed by atoms with Crippen LogP contribution in [-0.4, -0.2) is 86.5 Å². The Labute approximate surface area is 321 Å². The molecule has 2 aromatic rings. The van der Waals surface area contributed by atoms with Crippen molar-refractivity contribution in [2.75, 3.05) is 33.9 Å². The molecule has 0 fully saturated rings. The van der Waals surface area contributed by atoms with Crippen molar-refractivity contribution in [1.29, 1.82) is 0 Å². The van der Waals surface area contributed by atoms with Gasteiger partial charge in [-0.25, -0.2) is 0 Å². The van der Waals surface area contributed by atoms with E-state index in [0.29, 0.717) is 32.8 Å². The fourth-order valence-electron chi connectivity index (χ4n) is 5.41. The van der Waals surface area contributed by atoms with Gasteiger partial charge in [-0.05, 0) is 61.7 Å². The molecule has 6 atom stereocenters. The summed E-state index contributed by atoms with van der Waals surface area (Å²) in [5, 5.41) is 0. The summed E-state index contributed by atoms with van der Waals surface area (Å²) in [4.78, 5) is 13.5. The number of carbonyl (C=O) groups is 1. The lowest BCUT2D eigenvalue weighted by atomic mass is 9.96. The number of cyclic esters (lactones) is 1. The van der Waals surface area contributed by atoms with Crippen LogP contribution >= 0.6 is 0 Å². The molecular formula is C42H66O9Si2. The van der Waals surface area contributed by atoms with Crippen molar-refractivity contribution in [3.63, 3.8) is 0 Å². The highest BCUT2D eigenvalue weighted by Gasteiger charge is 2.34. The van der Waals surface area contributed by atoms with Gasteiger partial charge in [0.25, 0.3) is 0 Å². The molecule has 3 rings (SSSR count). The first-order valence-electron chi connectivity index (χ1n) is 19.0. The van der Waals surface area contributed by atoms with E-state index in [1.807, 2.05) is 87.5 Å². The van der Waals surface area contributed by atoms with Gasteiger partial charge in [-0.1, -0.05) is 100.0 Å². The van der Waals surface area contributed by atoms with Gasteiger partial charge < -0.3 is 37.9 Å². The van der Waals surface area contributed by atoms with Gasteiger partial charge in [0, 0.05) is 35.8 Å². The van der Waals surface area contributed by atoms with E-state index in [4.69, 9.17) is 37.9 Å². The topological polar surface area (TPSA) is 90.9 Å². The molecule has 0 spiro atoms. The van der Waals surface area contributed by atoms with E-state index in [1.54, 1.807) is 7.11 Å². The Bertz CT molecular complexity index is 1390. The Hall–Kier alpha value is -2.62. The fraction of sp³-hybridized carbons (Fsp3) is 0.595. The summed E-state index contributed by atoms with van der Waals surface area (Å²) < 4.78 is 49.5. The van der Waals surface area contributed by atoms with Crippen molar-refractivity contribution in [3.8, 4) is 5.75 Å². The maximum Gasteiger partial charge on any atom is 0.312 e. The van der Waals surface area contributed by atoms with Gasteiger partial charge in [-0.15, -0.1) is 0 Å². The maximum atomic E-state index is 13.5. The van der Waals surface area contributed by atoms with E-state index in [2.05, 4.69) is 45.4 Å². The first kappa shape index (κ1) is 44.8. The SMILES string of the molecule is COc1ccc(CO[C@H](C)[C@H]2C/C=C(\C)[C@@H](OCOCC[Si](C)(C)C)[C@H](OCc3ccccc3)[C@@H](OCOCC[Si](C)(C)C)/C=C/C(C)C(=O)O2)cc1. The van der Waals surface area contributed by atoms with E-state index in [1.165, 1.54) is 0 Å². The molecule has 1 heterocycles. The first-order chi connectivity index (χ1) is 25.1. The second-order valence-corrected chi connectivity index (χ2v) is 27.6. The Kier molecular flexibility index (Phi) is 19.2. The molecular weight excluding hydrogens is 705 g/mol. The van der Waals surface area contributed by atoms with Gasteiger partial charge in [0.05, 0.1) is 32.3 Å². The van der Waals surface area contributed by atoms with Crippen molar-refractivity contribution in [2.45, 2.75) is 122 Å². The third-order valence-electron chi connectivity index (χ3n) is 9.12. The summed E-state index contributed by atoms with van der Waals surface area (Å²) in [5.41, 5.74) is 2.94. The standard InChI is InChI=1S/C42H66O9Si2/c1-32-16-22-38(34(3)47-28-36-18-20-37(44-4)21-19-36)51-42(43)33(2)17-23-39(49-30-45-24-26-52(5,6)7)41(48-29-35-14-12-11-13-15-35)40(32)50-31-46-25-27-53(8,9)10/h11-21,23,33-34,38-41H,22,24-31H2,1-10H3/b23-17+,32-16+/t33?,34-,38-,39+,40-,41-/m1/s1. The molecule has 0 N–H and O–H groups in total. The largest absolute Gasteiger partial charge is 0.497 e. The van der Waals surface area contributed by atoms with Crippen molar-refractivity contribution >= 4 is 22.1 Å². The molecule has 0 amide bonds. The fourth-order valence-corrected chi connectivity index (χ4v) is 6.92. The zero-order valence-corrected chi connectivity index (χ0v) is 35.9. The molecule has 1 aliphatic rings. The molecule has 0 bridgehead atoms. The van der Waals surface area contributed by atoms with Gasteiger partial charge in [-0.3, -0.25) is 4.79 Å². The van der Waals surface area contributed by atoms with Gasteiger partial charge in [0.15, 0.2) is 0 Å². The molecule has 0 aliphatic carbocycles. The van der Waals surface area contributed by atoms with Gasteiger partial charge in [-0.2, -0.15) is 0 Å². The van der Waals surface area contributed by atoms with Crippen LogP contribution in [0.5, 0.6) is 5.75 Å². The number of carbonyl (C=O) groups excluding carboxylic acids is 1. The number of esters is 1. The normalized spacial score (nSPS) is 23.9. The quantitative estimate of drug-likeness (QED) is 0.0430. The van der Waals surface area contributed by atoms with Crippen LogP contribution in [0.1, 0.15) is 38.3 Å². The second-order valence-electron chi connectivity index (χ2n) is 16.4. The number of rotatable bonds is 20. The molecule has 53 heavy (non-hydrogen) atoms. The van der Waals surface area contributed by atoms with Gasteiger partial charge in [0.1, 0.15) is 43.8 Å². The first-order valence-corrected chi connectivity index (χ1v) is 26.4. The van der Waals surface area contributed by atoms with E-state index < -0.39 is 46.5 Å². The summed E-state index contributed by atoms with van der Waals surface area (Å²) in [6.07, 6.45) is 3.56. The highest BCUT2D eigenvalue weighted by Crippen LogP contribution is 2.26. The average Bonchev–Trinajstić information content (AvgIpc) is 3.11. The minimum absolute atomic E-state index is 0.0802. The summed E-state index contributed by atoms with van der Waals surface area (Å²) in [6, 6.07) is 19.9. The predicted molar refractivity (Wildman–Crippen MR) is 217 cm³/mol. The molecule has 9 nitrogen and oxygen atoms in total. The summed E-state index contributed by atoms with van der Waals surface area (Å²) in [5.74, 6) is -0.105. The lowest BCUT2D eigenvalue weighted by Crippen LogP contribution is -2.44. The molecule has 1 aliphatic heterocycles. The van der Waals surface area contributed by atoms with E-state index in [-0.39, 0.29) is 25.7 Å². The monoisotopic (exact) mass is 770 g/mol. The van der Waals surface area contributed by atoms with Crippen molar-refractivity contribution < 1.29 is 42.7 Å².